The SMILES string of the molecule is CC1CCC(C(=O)NCCc2ncc[nH]2)O1. The molecule has 2 atom stereocenters. The van der Waals surface area contributed by atoms with Gasteiger partial charge in [0.2, 0.25) is 5.91 Å². The summed E-state index contributed by atoms with van der Waals surface area (Å²) in [5, 5.41) is 2.86. The summed E-state index contributed by atoms with van der Waals surface area (Å²) in [6.07, 6.45) is 5.95. The highest BCUT2D eigenvalue weighted by molar-refractivity contribution is 5.80. The fourth-order valence-electron chi connectivity index (χ4n) is 1.85. The minimum Gasteiger partial charge on any atom is -0.365 e. The third-order valence-corrected chi connectivity index (χ3v) is 2.74. The lowest BCUT2D eigenvalue weighted by Gasteiger charge is -2.10. The van der Waals surface area contributed by atoms with E-state index in [1.807, 2.05) is 6.92 Å². The van der Waals surface area contributed by atoms with Gasteiger partial charge in [-0.25, -0.2) is 4.98 Å². The van der Waals surface area contributed by atoms with Gasteiger partial charge in [-0.3, -0.25) is 4.79 Å². The average molecular weight is 223 g/mol. The van der Waals surface area contributed by atoms with Gasteiger partial charge in [0, 0.05) is 25.4 Å². The second-order valence-corrected chi connectivity index (χ2v) is 4.09. The number of aromatic nitrogens is 2. The quantitative estimate of drug-likeness (QED) is 0.787. The molecule has 2 unspecified atom stereocenters. The number of ether oxygens (including phenoxy) is 1. The van der Waals surface area contributed by atoms with Crippen molar-refractivity contribution in [1.29, 1.82) is 0 Å². The lowest BCUT2D eigenvalue weighted by Crippen LogP contribution is -2.35. The molecule has 1 fully saturated rings. The number of rotatable bonds is 4. The van der Waals surface area contributed by atoms with Crippen molar-refractivity contribution in [3.05, 3.63) is 18.2 Å². The molecule has 1 aliphatic rings. The predicted molar refractivity (Wildman–Crippen MR) is 58.9 cm³/mol. The van der Waals surface area contributed by atoms with Crippen LogP contribution in [-0.2, 0) is 16.0 Å². The maximum atomic E-state index is 11.7. The van der Waals surface area contributed by atoms with Crippen LogP contribution in [0.25, 0.3) is 0 Å². The molecule has 16 heavy (non-hydrogen) atoms. The van der Waals surface area contributed by atoms with E-state index in [1.165, 1.54) is 0 Å². The Hall–Kier alpha value is -1.36. The van der Waals surface area contributed by atoms with E-state index in [1.54, 1.807) is 12.4 Å². The minimum atomic E-state index is -0.258. The molecule has 2 N–H and O–H groups in total. The summed E-state index contributed by atoms with van der Waals surface area (Å²) in [6.45, 7) is 2.59. The van der Waals surface area contributed by atoms with Crippen molar-refractivity contribution in [2.45, 2.75) is 38.4 Å². The van der Waals surface area contributed by atoms with Crippen molar-refractivity contribution < 1.29 is 9.53 Å². The van der Waals surface area contributed by atoms with Gasteiger partial charge >= 0.3 is 0 Å². The van der Waals surface area contributed by atoms with Crippen LogP contribution in [0.1, 0.15) is 25.6 Å². The van der Waals surface area contributed by atoms with Crippen LogP contribution in [0.2, 0.25) is 0 Å². The summed E-state index contributed by atoms with van der Waals surface area (Å²) in [7, 11) is 0. The van der Waals surface area contributed by atoms with E-state index in [9.17, 15) is 4.79 Å². The van der Waals surface area contributed by atoms with Gasteiger partial charge in [0.1, 0.15) is 11.9 Å². The second kappa shape index (κ2) is 5.12. The number of nitrogens with one attached hydrogen (secondary N) is 2. The normalized spacial score (nSPS) is 24.6. The number of imidazole rings is 1. The second-order valence-electron chi connectivity index (χ2n) is 4.09. The Labute approximate surface area is 94.6 Å². The molecule has 2 heterocycles. The van der Waals surface area contributed by atoms with Crippen molar-refractivity contribution in [3.63, 3.8) is 0 Å². The molecule has 1 saturated heterocycles. The van der Waals surface area contributed by atoms with Gasteiger partial charge in [0.05, 0.1) is 6.10 Å². The molecule has 1 aliphatic heterocycles. The topological polar surface area (TPSA) is 67.0 Å². The Morgan fingerprint density at radius 2 is 2.56 bits per heavy atom. The third-order valence-electron chi connectivity index (χ3n) is 2.74. The predicted octanol–water partition coefficient (Wildman–Crippen LogP) is 0.636. The third kappa shape index (κ3) is 2.82. The standard InChI is InChI=1S/C11H17N3O2/c1-8-2-3-9(16-8)11(15)14-5-4-10-12-6-7-13-10/h6-9H,2-5H2,1H3,(H,12,13)(H,14,15). The molecule has 2 rings (SSSR count). The Morgan fingerprint density at radius 3 is 3.19 bits per heavy atom. The molecule has 5 heteroatoms. The van der Waals surface area contributed by atoms with E-state index in [4.69, 9.17) is 4.74 Å². The summed E-state index contributed by atoms with van der Waals surface area (Å²) >= 11 is 0. The highest BCUT2D eigenvalue weighted by atomic mass is 16.5. The van der Waals surface area contributed by atoms with Gasteiger partial charge < -0.3 is 15.0 Å². The first-order chi connectivity index (χ1) is 7.75. The summed E-state index contributed by atoms with van der Waals surface area (Å²) < 4.78 is 5.48. The number of hydrogen-bond acceptors (Lipinski definition) is 3. The Balaban J connectivity index is 1.68. The molecular formula is C11H17N3O2. The fraction of sp³-hybridized carbons (Fsp3) is 0.636. The molecule has 0 spiro atoms. The van der Waals surface area contributed by atoms with Crippen molar-refractivity contribution in [2.75, 3.05) is 6.54 Å². The zero-order valence-electron chi connectivity index (χ0n) is 9.40. The Bertz CT molecular complexity index is 337. The largest absolute Gasteiger partial charge is 0.365 e. The average Bonchev–Trinajstić information content (AvgIpc) is 2.89. The number of H-pyrrole nitrogens is 1. The van der Waals surface area contributed by atoms with Gasteiger partial charge in [0.15, 0.2) is 0 Å². The molecule has 88 valence electrons. The molecule has 0 aliphatic carbocycles. The maximum absolute atomic E-state index is 11.7. The number of nitrogens with zero attached hydrogens (tertiary/aromatic N) is 1. The van der Waals surface area contributed by atoms with Crippen molar-refractivity contribution in [3.8, 4) is 0 Å². The van der Waals surface area contributed by atoms with Crippen LogP contribution in [0.3, 0.4) is 0 Å². The van der Waals surface area contributed by atoms with Crippen LogP contribution < -0.4 is 5.32 Å². The van der Waals surface area contributed by atoms with E-state index >= 15 is 0 Å². The van der Waals surface area contributed by atoms with E-state index < -0.39 is 0 Å². The fourth-order valence-corrected chi connectivity index (χ4v) is 1.85. The minimum absolute atomic E-state index is 0.00379. The van der Waals surface area contributed by atoms with Gasteiger partial charge in [0.25, 0.3) is 0 Å². The summed E-state index contributed by atoms with van der Waals surface area (Å²) in [5.41, 5.74) is 0. The van der Waals surface area contributed by atoms with Crippen LogP contribution in [0.15, 0.2) is 12.4 Å². The van der Waals surface area contributed by atoms with Crippen molar-refractivity contribution in [1.82, 2.24) is 15.3 Å². The zero-order valence-corrected chi connectivity index (χ0v) is 9.40. The molecule has 5 nitrogen and oxygen atoms in total. The lowest BCUT2D eigenvalue weighted by atomic mass is 10.2. The molecular weight excluding hydrogens is 206 g/mol. The van der Waals surface area contributed by atoms with Crippen molar-refractivity contribution >= 4 is 5.91 Å². The van der Waals surface area contributed by atoms with Crippen LogP contribution in [0, 0.1) is 0 Å². The van der Waals surface area contributed by atoms with Crippen LogP contribution >= 0.6 is 0 Å². The van der Waals surface area contributed by atoms with E-state index in [2.05, 4.69) is 15.3 Å². The zero-order chi connectivity index (χ0) is 11.4. The molecule has 1 amide bonds. The number of amides is 1. The molecule has 1 aromatic heterocycles. The van der Waals surface area contributed by atoms with Crippen LogP contribution in [-0.4, -0.2) is 34.6 Å². The summed E-state index contributed by atoms with van der Waals surface area (Å²) in [5.74, 6) is 0.886. The first-order valence-electron chi connectivity index (χ1n) is 5.67. The van der Waals surface area contributed by atoms with Crippen molar-refractivity contribution in [2.24, 2.45) is 0 Å². The highest BCUT2D eigenvalue weighted by Crippen LogP contribution is 2.18. The molecule has 0 radical (unpaired) electrons. The van der Waals surface area contributed by atoms with Crippen LogP contribution in [0.4, 0.5) is 0 Å². The van der Waals surface area contributed by atoms with Gasteiger partial charge in [-0.1, -0.05) is 0 Å². The molecule has 0 aromatic carbocycles. The molecule has 0 bridgehead atoms. The number of carbonyl (C=O) groups is 1. The summed E-state index contributed by atoms with van der Waals surface area (Å²) in [4.78, 5) is 18.7. The van der Waals surface area contributed by atoms with E-state index in [0.29, 0.717) is 6.54 Å². The van der Waals surface area contributed by atoms with Gasteiger partial charge in [-0.2, -0.15) is 0 Å². The summed E-state index contributed by atoms with van der Waals surface area (Å²) in [6, 6.07) is 0. The first kappa shape index (κ1) is 11.1. The monoisotopic (exact) mass is 223 g/mol. The number of aromatic amines is 1. The maximum Gasteiger partial charge on any atom is 0.249 e. The van der Waals surface area contributed by atoms with Crippen LogP contribution in [0.5, 0.6) is 0 Å². The molecule has 1 aromatic rings. The smallest absolute Gasteiger partial charge is 0.249 e. The number of hydrogen-bond donors (Lipinski definition) is 2. The number of carbonyl (C=O) groups excluding carboxylic acids is 1. The highest BCUT2D eigenvalue weighted by Gasteiger charge is 2.27. The first-order valence-corrected chi connectivity index (χ1v) is 5.67. The Morgan fingerprint density at radius 1 is 1.69 bits per heavy atom. The van der Waals surface area contributed by atoms with Gasteiger partial charge in [-0.15, -0.1) is 0 Å². The van der Waals surface area contributed by atoms with E-state index in [-0.39, 0.29) is 18.1 Å². The lowest BCUT2D eigenvalue weighted by molar-refractivity contribution is -0.131. The Kier molecular flexibility index (Phi) is 3.56. The van der Waals surface area contributed by atoms with E-state index in [0.717, 1.165) is 25.1 Å². The van der Waals surface area contributed by atoms with Gasteiger partial charge in [-0.05, 0) is 19.8 Å². The molecule has 0 saturated carbocycles.